The van der Waals surface area contributed by atoms with Crippen molar-refractivity contribution in [2.45, 2.75) is 45.1 Å². The molecule has 0 bridgehead atoms. The average Bonchev–Trinajstić information content (AvgIpc) is 2.45. The first-order valence-corrected chi connectivity index (χ1v) is 7.17. The molecule has 1 aromatic carbocycles. The minimum atomic E-state index is 0.364. The Balaban J connectivity index is 1.88. The summed E-state index contributed by atoms with van der Waals surface area (Å²) in [4.78, 5) is 0. The summed E-state index contributed by atoms with van der Waals surface area (Å²) in [5.74, 6) is 1.86. The molecule has 1 aliphatic carbocycles. The number of para-hydroxylation sites is 1. The summed E-state index contributed by atoms with van der Waals surface area (Å²) in [5, 5.41) is 3.66. The van der Waals surface area contributed by atoms with Gasteiger partial charge in [-0.1, -0.05) is 37.5 Å². The van der Waals surface area contributed by atoms with Gasteiger partial charge >= 0.3 is 0 Å². The van der Waals surface area contributed by atoms with E-state index in [4.69, 9.17) is 4.74 Å². The molecule has 0 saturated heterocycles. The Morgan fingerprint density at radius 2 is 1.94 bits per heavy atom. The first-order chi connectivity index (χ1) is 8.81. The van der Waals surface area contributed by atoms with Gasteiger partial charge in [-0.05, 0) is 38.3 Å². The Morgan fingerprint density at radius 3 is 2.67 bits per heavy atom. The fourth-order valence-electron chi connectivity index (χ4n) is 2.87. The van der Waals surface area contributed by atoms with Crippen LogP contribution in [0.25, 0.3) is 0 Å². The molecule has 2 rings (SSSR count). The molecule has 1 aliphatic rings. The first kappa shape index (κ1) is 13.4. The second kappa shape index (κ2) is 6.79. The summed E-state index contributed by atoms with van der Waals surface area (Å²) < 4.78 is 5.42. The molecular weight excluding hydrogens is 222 g/mol. The van der Waals surface area contributed by atoms with Crippen LogP contribution < -0.4 is 10.1 Å². The molecule has 1 N–H and O–H groups in total. The number of nitrogens with one attached hydrogen (secondary N) is 1. The molecule has 18 heavy (non-hydrogen) atoms. The van der Waals surface area contributed by atoms with Gasteiger partial charge in [-0.2, -0.15) is 0 Å². The fourth-order valence-corrected chi connectivity index (χ4v) is 2.87. The number of hydrogen-bond donors (Lipinski definition) is 1. The quantitative estimate of drug-likeness (QED) is 0.851. The van der Waals surface area contributed by atoms with E-state index in [0.717, 1.165) is 18.2 Å². The van der Waals surface area contributed by atoms with E-state index < -0.39 is 0 Å². The molecule has 0 heterocycles. The fraction of sp³-hybridized carbons (Fsp3) is 0.625. The summed E-state index contributed by atoms with van der Waals surface area (Å²) in [6, 6.07) is 8.65. The van der Waals surface area contributed by atoms with E-state index >= 15 is 0 Å². The van der Waals surface area contributed by atoms with Gasteiger partial charge in [0, 0.05) is 11.6 Å². The maximum atomic E-state index is 5.42. The highest BCUT2D eigenvalue weighted by atomic mass is 16.5. The van der Waals surface area contributed by atoms with Gasteiger partial charge in [0.15, 0.2) is 0 Å². The smallest absolute Gasteiger partial charge is 0.123 e. The van der Waals surface area contributed by atoms with Crippen LogP contribution in [-0.2, 0) is 0 Å². The minimum Gasteiger partial charge on any atom is -0.496 e. The van der Waals surface area contributed by atoms with E-state index in [2.05, 4.69) is 24.4 Å². The molecule has 1 saturated carbocycles. The van der Waals surface area contributed by atoms with Gasteiger partial charge in [0.25, 0.3) is 0 Å². The van der Waals surface area contributed by atoms with Crippen LogP contribution >= 0.6 is 0 Å². The molecule has 1 atom stereocenters. The van der Waals surface area contributed by atoms with E-state index in [1.54, 1.807) is 7.11 Å². The van der Waals surface area contributed by atoms with Crippen molar-refractivity contribution in [3.63, 3.8) is 0 Å². The van der Waals surface area contributed by atoms with Crippen molar-refractivity contribution in [3.05, 3.63) is 29.8 Å². The molecule has 2 nitrogen and oxygen atoms in total. The second-order valence-corrected chi connectivity index (χ2v) is 5.38. The number of benzene rings is 1. The highest BCUT2D eigenvalue weighted by Gasteiger charge is 2.16. The van der Waals surface area contributed by atoms with Crippen molar-refractivity contribution in [2.24, 2.45) is 5.92 Å². The monoisotopic (exact) mass is 247 g/mol. The summed E-state index contributed by atoms with van der Waals surface area (Å²) >= 11 is 0. The summed E-state index contributed by atoms with van der Waals surface area (Å²) in [7, 11) is 1.74. The topological polar surface area (TPSA) is 21.3 Å². The van der Waals surface area contributed by atoms with Crippen molar-refractivity contribution in [2.75, 3.05) is 13.7 Å². The lowest BCUT2D eigenvalue weighted by Gasteiger charge is -2.24. The lowest BCUT2D eigenvalue weighted by molar-refractivity contribution is 0.328. The average molecular weight is 247 g/mol. The highest BCUT2D eigenvalue weighted by Crippen LogP contribution is 2.26. The third-order valence-electron chi connectivity index (χ3n) is 4.04. The maximum Gasteiger partial charge on any atom is 0.123 e. The molecule has 2 heteroatoms. The zero-order valence-corrected chi connectivity index (χ0v) is 11.6. The number of rotatable bonds is 5. The van der Waals surface area contributed by atoms with Gasteiger partial charge in [0.1, 0.15) is 5.75 Å². The molecule has 0 aliphatic heterocycles. The van der Waals surface area contributed by atoms with Crippen LogP contribution in [-0.4, -0.2) is 13.7 Å². The van der Waals surface area contributed by atoms with Crippen LogP contribution in [0, 0.1) is 5.92 Å². The zero-order chi connectivity index (χ0) is 12.8. The largest absolute Gasteiger partial charge is 0.496 e. The van der Waals surface area contributed by atoms with Gasteiger partial charge in [-0.15, -0.1) is 0 Å². The van der Waals surface area contributed by atoms with Crippen LogP contribution in [0.3, 0.4) is 0 Å². The summed E-state index contributed by atoms with van der Waals surface area (Å²) in [5.41, 5.74) is 1.26. The third kappa shape index (κ3) is 3.49. The predicted molar refractivity (Wildman–Crippen MR) is 76.0 cm³/mol. The highest BCUT2D eigenvalue weighted by molar-refractivity contribution is 5.35. The van der Waals surface area contributed by atoms with Crippen LogP contribution in [0.4, 0.5) is 0 Å². The van der Waals surface area contributed by atoms with E-state index in [9.17, 15) is 0 Å². The van der Waals surface area contributed by atoms with Crippen LogP contribution in [0.2, 0.25) is 0 Å². The SMILES string of the molecule is COc1ccccc1[C@@H](C)NCC1CCCCC1. The maximum absolute atomic E-state index is 5.42. The number of methoxy groups -OCH3 is 1. The Hall–Kier alpha value is -1.02. The van der Waals surface area contributed by atoms with Crippen molar-refractivity contribution in [1.29, 1.82) is 0 Å². The van der Waals surface area contributed by atoms with Crippen molar-refractivity contribution >= 4 is 0 Å². The molecule has 1 fully saturated rings. The van der Waals surface area contributed by atoms with E-state index in [0.29, 0.717) is 6.04 Å². The Morgan fingerprint density at radius 1 is 1.22 bits per heavy atom. The standard InChI is InChI=1S/C16H25NO/c1-13(15-10-6-7-11-16(15)18-2)17-12-14-8-4-3-5-9-14/h6-7,10-11,13-14,17H,3-5,8-9,12H2,1-2H3/t13-/m1/s1. The molecule has 0 radical (unpaired) electrons. The molecule has 0 unspecified atom stereocenters. The third-order valence-corrected chi connectivity index (χ3v) is 4.04. The second-order valence-electron chi connectivity index (χ2n) is 5.38. The van der Waals surface area contributed by atoms with Crippen molar-refractivity contribution < 1.29 is 4.74 Å². The summed E-state index contributed by atoms with van der Waals surface area (Å²) in [6.45, 7) is 3.36. The van der Waals surface area contributed by atoms with Crippen LogP contribution in [0.15, 0.2) is 24.3 Å². The lowest BCUT2D eigenvalue weighted by atomic mass is 9.89. The number of hydrogen-bond acceptors (Lipinski definition) is 2. The number of ether oxygens (including phenoxy) is 1. The van der Waals surface area contributed by atoms with Crippen LogP contribution in [0.1, 0.15) is 50.6 Å². The van der Waals surface area contributed by atoms with Crippen molar-refractivity contribution in [1.82, 2.24) is 5.32 Å². The normalized spacial score (nSPS) is 18.6. The molecule has 0 spiro atoms. The van der Waals surface area contributed by atoms with Gasteiger partial charge in [-0.25, -0.2) is 0 Å². The summed E-state index contributed by atoms with van der Waals surface area (Å²) in [6.07, 6.45) is 7.04. The minimum absolute atomic E-state index is 0.364. The lowest BCUT2D eigenvalue weighted by Crippen LogP contribution is -2.27. The van der Waals surface area contributed by atoms with Gasteiger partial charge in [0.2, 0.25) is 0 Å². The van der Waals surface area contributed by atoms with Gasteiger partial charge in [-0.3, -0.25) is 0 Å². The van der Waals surface area contributed by atoms with Crippen molar-refractivity contribution in [3.8, 4) is 5.75 Å². The van der Waals surface area contributed by atoms with E-state index in [1.807, 2.05) is 12.1 Å². The Bertz CT molecular complexity index is 358. The molecular formula is C16H25NO. The molecule has 0 amide bonds. The van der Waals surface area contributed by atoms with E-state index in [1.165, 1.54) is 37.7 Å². The predicted octanol–water partition coefficient (Wildman–Crippen LogP) is 3.93. The Kier molecular flexibility index (Phi) is 5.06. The van der Waals surface area contributed by atoms with Gasteiger partial charge < -0.3 is 10.1 Å². The van der Waals surface area contributed by atoms with Crippen LogP contribution in [0.5, 0.6) is 5.75 Å². The zero-order valence-electron chi connectivity index (χ0n) is 11.6. The first-order valence-electron chi connectivity index (χ1n) is 7.17. The van der Waals surface area contributed by atoms with Gasteiger partial charge in [0.05, 0.1) is 7.11 Å². The molecule has 0 aromatic heterocycles. The molecule has 1 aromatic rings. The molecule has 100 valence electrons. The Labute approximate surface area is 111 Å². The van der Waals surface area contributed by atoms with E-state index in [-0.39, 0.29) is 0 Å².